The molecule has 0 heterocycles. The first-order chi connectivity index (χ1) is 11.0. The van der Waals surface area contributed by atoms with Crippen molar-refractivity contribution >= 4 is 17.5 Å². The molecule has 2 amide bonds. The Balaban J connectivity index is 2.60. The summed E-state index contributed by atoms with van der Waals surface area (Å²) in [6.07, 6.45) is 4.73. The molecule has 0 aliphatic rings. The van der Waals surface area contributed by atoms with Gasteiger partial charge < -0.3 is 21.1 Å². The van der Waals surface area contributed by atoms with E-state index in [1.807, 2.05) is 6.92 Å². The lowest BCUT2D eigenvalue weighted by Crippen LogP contribution is -2.43. The van der Waals surface area contributed by atoms with E-state index >= 15 is 0 Å². The van der Waals surface area contributed by atoms with Gasteiger partial charge in [-0.15, -0.1) is 0 Å². The SMILES string of the molecule is CCC[C@@H](/C=C/C(=O)Nc1ccc(OC)cc1)NC(=O)[C@H](C)N. The molecule has 0 spiro atoms. The van der Waals surface area contributed by atoms with Crippen molar-refractivity contribution in [2.45, 2.75) is 38.8 Å². The molecule has 0 fully saturated rings. The molecule has 0 aromatic heterocycles. The lowest BCUT2D eigenvalue weighted by Gasteiger charge is -2.15. The molecule has 2 atom stereocenters. The maximum Gasteiger partial charge on any atom is 0.248 e. The van der Waals surface area contributed by atoms with Gasteiger partial charge in [-0.05, 0) is 37.6 Å². The zero-order chi connectivity index (χ0) is 17.2. The van der Waals surface area contributed by atoms with Gasteiger partial charge in [-0.25, -0.2) is 0 Å². The molecule has 23 heavy (non-hydrogen) atoms. The van der Waals surface area contributed by atoms with Gasteiger partial charge in [-0.2, -0.15) is 0 Å². The fourth-order valence-corrected chi connectivity index (χ4v) is 1.90. The average Bonchev–Trinajstić information content (AvgIpc) is 2.53. The summed E-state index contributed by atoms with van der Waals surface area (Å²) in [7, 11) is 1.58. The number of hydrogen-bond donors (Lipinski definition) is 3. The summed E-state index contributed by atoms with van der Waals surface area (Å²) in [6.45, 7) is 3.63. The normalized spacial score (nSPS) is 13.4. The molecule has 4 N–H and O–H groups in total. The van der Waals surface area contributed by atoms with E-state index in [1.165, 1.54) is 6.08 Å². The largest absolute Gasteiger partial charge is 0.497 e. The quantitative estimate of drug-likeness (QED) is 0.637. The summed E-state index contributed by atoms with van der Waals surface area (Å²) >= 11 is 0. The van der Waals surface area contributed by atoms with Crippen molar-refractivity contribution in [3.63, 3.8) is 0 Å². The summed E-state index contributed by atoms with van der Waals surface area (Å²) in [5.74, 6) is 0.232. The number of hydrogen-bond acceptors (Lipinski definition) is 4. The second-order valence-electron chi connectivity index (χ2n) is 5.27. The van der Waals surface area contributed by atoms with Gasteiger partial charge in [-0.1, -0.05) is 19.4 Å². The van der Waals surface area contributed by atoms with Crippen LogP contribution in [0.4, 0.5) is 5.69 Å². The standard InChI is InChI=1S/C17H25N3O3/c1-4-5-13(20-17(22)12(2)18)8-11-16(21)19-14-6-9-15(23-3)10-7-14/h6-13H,4-5,18H2,1-3H3,(H,19,21)(H,20,22)/b11-8+/t12-,13-/m0/s1. The predicted octanol–water partition coefficient (Wildman–Crippen LogP) is 1.82. The van der Waals surface area contributed by atoms with E-state index in [-0.39, 0.29) is 17.9 Å². The smallest absolute Gasteiger partial charge is 0.248 e. The molecule has 0 aliphatic heterocycles. The lowest BCUT2D eigenvalue weighted by atomic mass is 10.1. The zero-order valence-corrected chi connectivity index (χ0v) is 13.8. The van der Waals surface area contributed by atoms with Gasteiger partial charge >= 0.3 is 0 Å². The van der Waals surface area contributed by atoms with Crippen LogP contribution in [0.15, 0.2) is 36.4 Å². The number of nitrogens with one attached hydrogen (secondary N) is 2. The minimum atomic E-state index is -0.573. The van der Waals surface area contributed by atoms with Crippen LogP contribution in [0.25, 0.3) is 0 Å². The molecular formula is C17H25N3O3. The molecule has 6 heteroatoms. The Bertz CT molecular complexity index is 539. The Morgan fingerprint density at radius 3 is 2.48 bits per heavy atom. The average molecular weight is 319 g/mol. The summed E-state index contributed by atoms with van der Waals surface area (Å²) in [5, 5.41) is 5.55. The first-order valence-electron chi connectivity index (χ1n) is 7.65. The molecule has 6 nitrogen and oxygen atoms in total. The highest BCUT2D eigenvalue weighted by molar-refractivity contribution is 5.99. The Labute approximate surface area is 137 Å². The molecule has 1 aromatic carbocycles. The highest BCUT2D eigenvalue weighted by atomic mass is 16.5. The van der Waals surface area contributed by atoms with Crippen LogP contribution in [-0.4, -0.2) is 31.0 Å². The number of methoxy groups -OCH3 is 1. The van der Waals surface area contributed by atoms with E-state index in [4.69, 9.17) is 10.5 Å². The van der Waals surface area contributed by atoms with E-state index in [1.54, 1.807) is 44.4 Å². The Morgan fingerprint density at radius 1 is 1.30 bits per heavy atom. The van der Waals surface area contributed by atoms with Crippen LogP contribution >= 0.6 is 0 Å². The monoisotopic (exact) mass is 319 g/mol. The van der Waals surface area contributed by atoms with Gasteiger partial charge in [0.1, 0.15) is 5.75 Å². The number of benzene rings is 1. The van der Waals surface area contributed by atoms with E-state index in [2.05, 4.69) is 10.6 Å². The molecule has 0 aliphatic carbocycles. The third kappa shape index (κ3) is 6.97. The maximum atomic E-state index is 11.9. The van der Waals surface area contributed by atoms with Gasteiger partial charge in [-0.3, -0.25) is 9.59 Å². The summed E-state index contributed by atoms with van der Waals surface area (Å²) in [4.78, 5) is 23.6. The first kappa shape index (κ1) is 18.7. The minimum Gasteiger partial charge on any atom is -0.497 e. The van der Waals surface area contributed by atoms with Gasteiger partial charge in [0.25, 0.3) is 0 Å². The molecular weight excluding hydrogens is 294 g/mol. The first-order valence-corrected chi connectivity index (χ1v) is 7.65. The second-order valence-corrected chi connectivity index (χ2v) is 5.27. The highest BCUT2D eigenvalue weighted by Gasteiger charge is 2.12. The van der Waals surface area contributed by atoms with Gasteiger partial charge in [0.05, 0.1) is 13.2 Å². The Kier molecular flexibility index (Phi) is 7.83. The van der Waals surface area contributed by atoms with Crippen LogP contribution in [-0.2, 0) is 9.59 Å². The second kappa shape index (κ2) is 9.63. The van der Waals surface area contributed by atoms with Crippen molar-refractivity contribution < 1.29 is 14.3 Å². The van der Waals surface area contributed by atoms with Gasteiger partial charge in [0.2, 0.25) is 11.8 Å². The lowest BCUT2D eigenvalue weighted by molar-refractivity contribution is -0.122. The summed E-state index contributed by atoms with van der Waals surface area (Å²) < 4.78 is 5.06. The Hall–Kier alpha value is -2.34. The van der Waals surface area contributed by atoms with Crippen LogP contribution in [0.2, 0.25) is 0 Å². The van der Waals surface area contributed by atoms with Crippen molar-refractivity contribution in [2.75, 3.05) is 12.4 Å². The molecule has 1 rings (SSSR count). The van der Waals surface area contributed by atoms with Crippen molar-refractivity contribution in [3.05, 3.63) is 36.4 Å². The summed E-state index contributed by atoms with van der Waals surface area (Å²) in [6, 6.07) is 6.26. The number of amides is 2. The molecule has 0 saturated carbocycles. The minimum absolute atomic E-state index is 0.208. The molecule has 0 saturated heterocycles. The zero-order valence-electron chi connectivity index (χ0n) is 13.8. The van der Waals surface area contributed by atoms with Crippen molar-refractivity contribution in [1.82, 2.24) is 5.32 Å². The third-order valence-electron chi connectivity index (χ3n) is 3.18. The van der Waals surface area contributed by atoms with Crippen molar-refractivity contribution in [1.29, 1.82) is 0 Å². The van der Waals surface area contributed by atoms with E-state index < -0.39 is 6.04 Å². The van der Waals surface area contributed by atoms with Crippen molar-refractivity contribution in [3.8, 4) is 5.75 Å². The van der Waals surface area contributed by atoms with Gasteiger partial charge in [0.15, 0.2) is 0 Å². The fourth-order valence-electron chi connectivity index (χ4n) is 1.90. The van der Waals surface area contributed by atoms with Crippen molar-refractivity contribution in [2.24, 2.45) is 5.73 Å². The van der Waals surface area contributed by atoms with Crippen LogP contribution in [0.5, 0.6) is 5.75 Å². The highest BCUT2D eigenvalue weighted by Crippen LogP contribution is 2.14. The number of carbonyl (C=O) groups is 2. The van der Waals surface area contributed by atoms with Crippen LogP contribution in [0.1, 0.15) is 26.7 Å². The maximum absolute atomic E-state index is 11.9. The van der Waals surface area contributed by atoms with Crippen LogP contribution in [0, 0.1) is 0 Å². The number of rotatable bonds is 8. The topological polar surface area (TPSA) is 93.5 Å². The molecule has 0 bridgehead atoms. The number of carbonyl (C=O) groups excluding carboxylic acids is 2. The van der Waals surface area contributed by atoms with Crippen LogP contribution in [0.3, 0.4) is 0 Å². The van der Waals surface area contributed by atoms with Crippen LogP contribution < -0.4 is 21.1 Å². The van der Waals surface area contributed by atoms with E-state index in [0.717, 1.165) is 18.6 Å². The molecule has 126 valence electrons. The molecule has 1 aromatic rings. The number of anilines is 1. The number of nitrogens with two attached hydrogens (primary N) is 1. The number of ether oxygens (including phenoxy) is 1. The fraction of sp³-hybridized carbons (Fsp3) is 0.412. The molecule has 0 radical (unpaired) electrons. The van der Waals surface area contributed by atoms with E-state index in [0.29, 0.717) is 5.69 Å². The van der Waals surface area contributed by atoms with Gasteiger partial charge in [0, 0.05) is 17.8 Å². The predicted molar refractivity (Wildman–Crippen MR) is 91.3 cm³/mol. The third-order valence-corrected chi connectivity index (χ3v) is 3.18. The Morgan fingerprint density at radius 2 is 1.96 bits per heavy atom. The van der Waals surface area contributed by atoms with E-state index in [9.17, 15) is 9.59 Å². The molecule has 0 unspecified atom stereocenters. The summed E-state index contributed by atoms with van der Waals surface area (Å²) in [5.41, 5.74) is 6.21.